The van der Waals surface area contributed by atoms with Gasteiger partial charge < -0.3 is 29.5 Å². The van der Waals surface area contributed by atoms with Crippen molar-refractivity contribution in [3.05, 3.63) is 47.8 Å². The number of Topliss-reactive ketones (excluding diaryl/α,β-unsaturated/α-hetero) is 1. The number of carboxylic acids is 1. The van der Waals surface area contributed by atoms with Crippen molar-refractivity contribution < 1.29 is 48.7 Å². The summed E-state index contributed by atoms with van der Waals surface area (Å²) >= 11 is 0. The van der Waals surface area contributed by atoms with Gasteiger partial charge in [-0.2, -0.15) is 0 Å². The predicted molar refractivity (Wildman–Crippen MR) is 171 cm³/mol. The van der Waals surface area contributed by atoms with E-state index < -0.39 is 65.3 Å². The number of carbonyl (C=O) groups excluding carboxylic acids is 3. The molecule has 2 heterocycles. The first-order valence-electron chi connectivity index (χ1n) is 16.6. The fraction of sp³-hybridized carbons (Fsp3) is 0.676. The van der Waals surface area contributed by atoms with E-state index in [1.807, 2.05) is 19.9 Å². The zero-order valence-electron chi connectivity index (χ0n) is 28.7. The van der Waals surface area contributed by atoms with Gasteiger partial charge in [0.2, 0.25) is 5.78 Å². The number of esters is 1. The summed E-state index contributed by atoms with van der Waals surface area (Å²) in [6, 6.07) is 0. The summed E-state index contributed by atoms with van der Waals surface area (Å²) in [6.45, 7) is 21.5. The second-order valence-corrected chi connectivity index (χ2v) is 16.4. The third-order valence-corrected chi connectivity index (χ3v) is 12.1. The van der Waals surface area contributed by atoms with Crippen LogP contribution in [0.1, 0.15) is 93.4 Å². The quantitative estimate of drug-likeness (QED) is 0.241. The van der Waals surface area contributed by atoms with E-state index in [1.165, 1.54) is 13.0 Å². The van der Waals surface area contributed by atoms with Gasteiger partial charge in [0.15, 0.2) is 23.8 Å². The highest BCUT2D eigenvalue weighted by molar-refractivity contribution is 5.99. The Morgan fingerprint density at radius 3 is 2.32 bits per heavy atom. The van der Waals surface area contributed by atoms with Crippen LogP contribution >= 0.6 is 0 Å². The van der Waals surface area contributed by atoms with Gasteiger partial charge in [0.25, 0.3) is 0 Å². The van der Waals surface area contributed by atoms with Crippen molar-refractivity contribution in [1.82, 2.24) is 0 Å². The van der Waals surface area contributed by atoms with Crippen LogP contribution in [0.3, 0.4) is 0 Å². The van der Waals surface area contributed by atoms with E-state index in [1.54, 1.807) is 13.8 Å². The highest BCUT2D eigenvalue weighted by atomic mass is 16.6. The van der Waals surface area contributed by atoms with Crippen molar-refractivity contribution in [2.24, 2.45) is 34.0 Å². The Morgan fingerprint density at radius 2 is 1.74 bits per heavy atom. The van der Waals surface area contributed by atoms with E-state index >= 15 is 0 Å². The van der Waals surface area contributed by atoms with Crippen LogP contribution in [0, 0.1) is 34.0 Å². The Kier molecular flexibility index (Phi) is 8.63. The average Bonchev–Trinajstić information content (AvgIpc) is 3.36. The lowest BCUT2D eigenvalue weighted by molar-refractivity contribution is -0.189. The number of ketones is 2. The third kappa shape index (κ3) is 5.95. The molecule has 3 N–H and O–H groups in total. The number of allylic oxidation sites excluding steroid dienone is 1. The lowest BCUT2D eigenvalue weighted by Gasteiger charge is -2.62. The van der Waals surface area contributed by atoms with E-state index in [9.17, 15) is 29.4 Å². The molecule has 3 fully saturated rings. The maximum atomic E-state index is 13.8. The summed E-state index contributed by atoms with van der Waals surface area (Å²) in [5.74, 6) is -2.11. The lowest BCUT2D eigenvalue weighted by Crippen LogP contribution is -2.61. The third-order valence-electron chi connectivity index (χ3n) is 12.1. The summed E-state index contributed by atoms with van der Waals surface area (Å²) in [7, 11) is 0. The van der Waals surface area contributed by atoms with E-state index in [0.29, 0.717) is 30.6 Å². The molecule has 0 spiro atoms. The first-order chi connectivity index (χ1) is 21.5. The van der Waals surface area contributed by atoms with Crippen LogP contribution in [0.5, 0.6) is 0 Å². The van der Waals surface area contributed by atoms with Crippen molar-refractivity contribution in [1.29, 1.82) is 0 Å². The van der Waals surface area contributed by atoms with E-state index in [-0.39, 0.29) is 34.7 Å². The molecular formula is C37H50O10. The monoisotopic (exact) mass is 654 g/mol. The minimum Gasteiger partial charge on any atom is -0.481 e. The highest BCUT2D eigenvalue weighted by Gasteiger charge is 2.67. The van der Waals surface area contributed by atoms with Gasteiger partial charge in [-0.25, -0.2) is 0 Å². The van der Waals surface area contributed by atoms with Gasteiger partial charge in [-0.3, -0.25) is 19.2 Å². The molecule has 9 atom stereocenters. The number of carboxylic acid groups (broad SMARTS) is 1. The number of carbonyl (C=O) groups is 4. The van der Waals surface area contributed by atoms with Gasteiger partial charge in [0.05, 0.1) is 24.5 Å². The van der Waals surface area contributed by atoms with Crippen molar-refractivity contribution in [2.75, 3.05) is 0 Å². The number of rotatable bonds is 8. The molecule has 0 radical (unpaired) electrons. The van der Waals surface area contributed by atoms with Crippen LogP contribution in [-0.2, 0) is 33.4 Å². The van der Waals surface area contributed by atoms with Gasteiger partial charge in [-0.15, -0.1) is 0 Å². The second-order valence-electron chi connectivity index (χ2n) is 16.4. The largest absolute Gasteiger partial charge is 0.481 e. The Morgan fingerprint density at radius 1 is 1.09 bits per heavy atom. The molecule has 0 aromatic carbocycles. The van der Waals surface area contributed by atoms with Gasteiger partial charge >= 0.3 is 11.9 Å². The standard InChI is InChI=1S/C37H50O10/c1-19-14-26-36(8,30(19)21-10-11-22(46-32(21)43)20(2)23-15-27(38)34(5,6)47-23)13-12-25-33(3,4)31(42)24(16-37(25,26)9)45-29(41)18-35(7,44)17-28(39)40/h10,15,22,24-26,30,32,43-44H,1-2,11-14,16-18H2,3-9H3,(H,39,40)/t22-,24+,25-,26-,30-,32+,35?,36+,37-/m0/s1. The minimum absolute atomic E-state index is 0.0121. The molecule has 5 rings (SSSR count). The Balaban J connectivity index is 1.38. The van der Waals surface area contributed by atoms with Gasteiger partial charge in [0.1, 0.15) is 5.76 Å². The van der Waals surface area contributed by atoms with Crippen molar-refractivity contribution in [3.63, 3.8) is 0 Å². The summed E-state index contributed by atoms with van der Waals surface area (Å²) in [5.41, 5.74) is -2.10. The first kappa shape index (κ1) is 35.2. The van der Waals surface area contributed by atoms with Gasteiger partial charge in [-0.05, 0) is 81.1 Å². The van der Waals surface area contributed by atoms with E-state index in [2.05, 4.69) is 27.0 Å². The molecule has 0 aromatic heterocycles. The Labute approximate surface area is 276 Å². The van der Waals surface area contributed by atoms with Crippen LogP contribution < -0.4 is 0 Å². The van der Waals surface area contributed by atoms with Gasteiger partial charge in [0, 0.05) is 23.0 Å². The molecule has 0 aromatic rings. The number of aliphatic hydroxyl groups is 2. The SMILES string of the molecule is C=C1C[C@H]2[C@@](C)(CC[C@H]3C(C)(C)C(=O)[C@H](OC(=O)CC(C)(O)CC(=O)O)C[C@]23C)[C@@H]1C1=CC[C@@H](C(=C)C2=CC(=O)C(C)(C)O2)O[C@H]1O. The molecule has 10 nitrogen and oxygen atoms in total. The number of ether oxygens (including phenoxy) is 3. The predicted octanol–water partition coefficient (Wildman–Crippen LogP) is 4.98. The van der Waals surface area contributed by atoms with Crippen LogP contribution in [0.15, 0.2) is 47.8 Å². The fourth-order valence-corrected chi connectivity index (χ4v) is 9.86. The minimum atomic E-state index is -1.81. The topological polar surface area (TPSA) is 157 Å². The molecule has 5 aliphatic rings. The zero-order valence-corrected chi connectivity index (χ0v) is 28.7. The second kappa shape index (κ2) is 11.5. The lowest BCUT2D eigenvalue weighted by atomic mass is 9.42. The molecule has 1 unspecified atom stereocenters. The molecule has 2 aliphatic heterocycles. The van der Waals surface area contributed by atoms with E-state index in [4.69, 9.17) is 19.3 Å². The number of hydrogen-bond donors (Lipinski definition) is 3. The number of hydrogen-bond acceptors (Lipinski definition) is 9. The van der Waals surface area contributed by atoms with Crippen molar-refractivity contribution in [2.45, 2.75) is 123 Å². The van der Waals surface area contributed by atoms with Crippen LogP contribution in [0.4, 0.5) is 0 Å². The summed E-state index contributed by atoms with van der Waals surface area (Å²) in [5, 5.41) is 31.0. The average molecular weight is 655 g/mol. The molecule has 3 saturated carbocycles. The maximum absolute atomic E-state index is 13.8. The molecular weight excluding hydrogens is 604 g/mol. The maximum Gasteiger partial charge on any atom is 0.309 e. The van der Waals surface area contributed by atoms with E-state index in [0.717, 1.165) is 24.0 Å². The summed E-state index contributed by atoms with van der Waals surface area (Å²) in [6.07, 6.45) is 2.44. The van der Waals surface area contributed by atoms with Crippen LogP contribution in [-0.4, -0.2) is 68.5 Å². The van der Waals surface area contributed by atoms with Gasteiger partial charge in [-0.1, -0.05) is 52.5 Å². The highest BCUT2D eigenvalue weighted by Crippen LogP contribution is 2.71. The molecule has 47 heavy (non-hydrogen) atoms. The first-order valence-corrected chi connectivity index (χ1v) is 16.6. The summed E-state index contributed by atoms with van der Waals surface area (Å²) < 4.78 is 17.7. The Bertz CT molecular complexity index is 1480. The Hall–Kier alpha value is -3.08. The molecule has 3 aliphatic carbocycles. The number of aliphatic carboxylic acids is 1. The smallest absolute Gasteiger partial charge is 0.309 e. The molecule has 258 valence electrons. The number of aliphatic hydroxyl groups excluding tert-OH is 1. The van der Waals surface area contributed by atoms with Crippen LogP contribution in [0.25, 0.3) is 0 Å². The zero-order chi connectivity index (χ0) is 35.1. The van der Waals surface area contributed by atoms with Crippen LogP contribution in [0.2, 0.25) is 0 Å². The van der Waals surface area contributed by atoms with Crippen molar-refractivity contribution in [3.8, 4) is 0 Å². The summed E-state index contributed by atoms with van der Waals surface area (Å²) in [4.78, 5) is 50.2. The number of fused-ring (bicyclic) bond motifs is 3. The normalized spacial score (nSPS) is 38.7. The molecule has 0 bridgehead atoms. The molecule has 10 heteroatoms. The van der Waals surface area contributed by atoms with Crippen molar-refractivity contribution >= 4 is 23.5 Å². The molecule has 0 saturated heterocycles. The fourth-order valence-electron chi connectivity index (χ4n) is 9.86. The molecule has 0 amide bonds.